The van der Waals surface area contributed by atoms with Crippen LogP contribution in [0.3, 0.4) is 0 Å². The van der Waals surface area contributed by atoms with Crippen LogP contribution in [0, 0.1) is 12.7 Å². The molecule has 4 nitrogen and oxygen atoms in total. The van der Waals surface area contributed by atoms with E-state index in [1.54, 1.807) is 19.4 Å². The van der Waals surface area contributed by atoms with Gasteiger partial charge in [0.05, 0.1) is 19.2 Å². The summed E-state index contributed by atoms with van der Waals surface area (Å²) in [6.45, 7) is 1.94. The number of H-pyrrole nitrogens is 1. The number of benzene rings is 2. The molecule has 0 saturated heterocycles. The van der Waals surface area contributed by atoms with Crippen LogP contribution in [0.4, 0.5) is 10.1 Å². The zero-order valence-corrected chi connectivity index (χ0v) is 12.9. The Morgan fingerprint density at radius 2 is 2.09 bits per heavy atom. The van der Waals surface area contributed by atoms with Crippen LogP contribution in [-0.4, -0.2) is 18.0 Å². The molecule has 0 fully saturated rings. The predicted molar refractivity (Wildman–Crippen MR) is 88.3 cm³/mol. The topological polar surface area (TPSA) is 54.1 Å². The number of hydrogen-bond acceptors (Lipinski definition) is 2. The standard InChI is InChI=1S/C18H17FN2O2/c1-11-3-6-17(23-2)16(7-11)21-18(22)8-12-10-20-15-5-4-13(19)9-14(12)15/h3-7,9-10,20H,8H2,1-2H3,(H,21,22). The SMILES string of the molecule is COc1ccc(C)cc1NC(=O)Cc1c[nH]c2ccc(F)cc12. The molecule has 0 aliphatic rings. The minimum absolute atomic E-state index is 0.153. The first kappa shape index (κ1) is 15.1. The van der Waals surface area contributed by atoms with Crippen molar-refractivity contribution in [1.82, 2.24) is 4.98 Å². The van der Waals surface area contributed by atoms with Gasteiger partial charge in [-0.05, 0) is 48.4 Å². The lowest BCUT2D eigenvalue weighted by atomic mass is 10.1. The van der Waals surface area contributed by atoms with Gasteiger partial charge in [0.1, 0.15) is 11.6 Å². The molecule has 0 unspecified atom stereocenters. The van der Waals surface area contributed by atoms with Gasteiger partial charge in [0.15, 0.2) is 0 Å². The Bertz CT molecular complexity index is 871. The summed E-state index contributed by atoms with van der Waals surface area (Å²) in [5, 5.41) is 3.57. The van der Waals surface area contributed by atoms with Crippen molar-refractivity contribution in [2.24, 2.45) is 0 Å². The van der Waals surface area contributed by atoms with Crippen LogP contribution < -0.4 is 10.1 Å². The van der Waals surface area contributed by atoms with Gasteiger partial charge < -0.3 is 15.0 Å². The lowest BCUT2D eigenvalue weighted by Crippen LogP contribution is -2.15. The lowest BCUT2D eigenvalue weighted by molar-refractivity contribution is -0.115. The zero-order valence-electron chi connectivity index (χ0n) is 12.9. The predicted octanol–water partition coefficient (Wildman–Crippen LogP) is 3.81. The highest BCUT2D eigenvalue weighted by atomic mass is 19.1. The first-order valence-corrected chi connectivity index (χ1v) is 7.27. The Hall–Kier alpha value is -2.82. The van der Waals surface area contributed by atoms with Gasteiger partial charge in [0.2, 0.25) is 5.91 Å². The molecule has 1 heterocycles. The molecule has 0 radical (unpaired) electrons. The van der Waals surface area contributed by atoms with Gasteiger partial charge in [-0.1, -0.05) is 6.07 Å². The monoisotopic (exact) mass is 312 g/mol. The van der Waals surface area contributed by atoms with Crippen LogP contribution in [0.5, 0.6) is 5.75 Å². The summed E-state index contributed by atoms with van der Waals surface area (Å²) < 4.78 is 18.6. The molecule has 1 aromatic heterocycles. The summed E-state index contributed by atoms with van der Waals surface area (Å²) in [4.78, 5) is 15.4. The van der Waals surface area contributed by atoms with Crippen molar-refractivity contribution in [2.45, 2.75) is 13.3 Å². The number of methoxy groups -OCH3 is 1. The highest BCUT2D eigenvalue weighted by molar-refractivity contribution is 5.96. The minimum atomic E-state index is -0.320. The van der Waals surface area contributed by atoms with Crippen LogP contribution >= 0.6 is 0 Å². The lowest BCUT2D eigenvalue weighted by Gasteiger charge is -2.11. The molecule has 1 amide bonds. The number of fused-ring (bicyclic) bond motifs is 1. The van der Waals surface area contributed by atoms with Crippen molar-refractivity contribution in [3.63, 3.8) is 0 Å². The first-order chi connectivity index (χ1) is 11.1. The highest BCUT2D eigenvalue weighted by Crippen LogP contribution is 2.26. The fourth-order valence-electron chi connectivity index (χ4n) is 2.58. The number of nitrogens with one attached hydrogen (secondary N) is 2. The van der Waals surface area contributed by atoms with Crippen LogP contribution in [0.1, 0.15) is 11.1 Å². The molecule has 0 spiro atoms. The Morgan fingerprint density at radius 3 is 2.87 bits per heavy atom. The molecule has 3 aromatic rings. The number of rotatable bonds is 4. The third kappa shape index (κ3) is 3.18. The summed E-state index contributed by atoms with van der Waals surface area (Å²) >= 11 is 0. The van der Waals surface area contributed by atoms with Gasteiger partial charge >= 0.3 is 0 Å². The zero-order chi connectivity index (χ0) is 16.4. The number of halogens is 1. The maximum atomic E-state index is 13.4. The van der Waals surface area contributed by atoms with E-state index in [0.717, 1.165) is 22.0 Å². The van der Waals surface area contributed by atoms with Crippen molar-refractivity contribution in [3.05, 3.63) is 59.5 Å². The van der Waals surface area contributed by atoms with Gasteiger partial charge in [-0.2, -0.15) is 0 Å². The largest absolute Gasteiger partial charge is 0.495 e. The molecule has 0 atom stereocenters. The normalized spacial score (nSPS) is 10.7. The summed E-state index contributed by atoms with van der Waals surface area (Å²) in [5.41, 5.74) is 3.21. The summed E-state index contributed by atoms with van der Waals surface area (Å²) in [6, 6.07) is 10.1. The quantitative estimate of drug-likeness (QED) is 0.770. The van der Waals surface area contributed by atoms with Gasteiger partial charge in [0, 0.05) is 17.1 Å². The molecule has 0 saturated carbocycles. The van der Waals surface area contributed by atoms with Crippen molar-refractivity contribution in [1.29, 1.82) is 0 Å². The molecule has 2 N–H and O–H groups in total. The van der Waals surface area contributed by atoms with Crippen LogP contribution in [0.2, 0.25) is 0 Å². The maximum absolute atomic E-state index is 13.4. The second-order valence-corrected chi connectivity index (χ2v) is 5.43. The third-order valence-corrected chi connectivity index (χ3v) is 3.71. The van der Waals surface area contributed by atoms with E-state index < -0.39 is 0 Å². The molecule has 0 aliphatic carbocycles. The van der Waals surface area contributed by atoms with E-state index in [0.29, 0.717) is 11.4 Å². The van der Waals surface area contributed by atoms with E-state index >= 15 is 0 Å². The highest BCUT2D eigenvalue weighted by Gasteiger charge is 2.12. The summed E-state index contributed by atoms with van der Waals surface area (Å²) in [5.74, 6) is 0.104. The van der Waals surface area contributed by atoms with Crippen LogP contribution in [0.15, 0.2) is 42.6 Å². The molecular weight excluding hydrogens is 295 g/mol. The Balaban J connectivity index is 1.81. The van der Waals surface area contributed by atoms with E-state index in [4.69, 9.17) is 4.74 Å². The van der Waals surface area contributed by atoms with E-state index in [9.17, 15) is 9.18 Å². The van der Waals surface area contributed by atoms with Crippen molar-refractivity contribution < 1.29 is 13.9 Å². The number of anilines is 1. The average molecular weight is 312 g/mol. The Labute approximate surface area is 133 Å². The number of aromatic amines is 1. The van der Waals surface area contributed by atoms with Crippen LogP contribution in [0.25, 0.3) is 10.9 Å². The Kier molecular flexibility index (Phi) is 4.02. The van der Waals surface area contributed by atoms with Crippen LogP contribution in [-0.2, 0) is 11.2 Å². The number of carbonyl (C=O) groups is 1. The molecule has 5 heteroatoms. The summed E-state index contributed by atoms with van der Waals surface area (Å²) in [6.07, 6.45) is 1.89. The minimum Gasteiger partial charge on any atom is -0.495 e. The molecule has 3 rings (SSSR count). The molecule has 0 aliphatic heterocycles. The average Bonchev–Trinajstić information content (AvgIpc) is 2.90. The van der Waals surface area contributed by atoms with Crippen molar-refractivity contribution in [2.75, 3.05) is 12.4 Å². The van der Waals surface area contributed by atoms with Crippen molar-refractivity contribution >= 4 is 22.5 Å². The van der Waals surface area contributed by atoms with Gasteiger partial charge in [-0.3, -0.25) is 4.79 Å². The van der Waals surface area contributed by atoms with E-state index in [1.165, 1.54) is 12.1 Å². The van der Waals surface area contributed by atoms with Gasteiger partial charge in [0.25, 0.3) is 0 Å². The number of ether oxygens (including phenoxy) is 1. The number of aryl methyl sites for hydroxylation is 1. The number of carbonyl (C=O) groups excluding carboxylic acids is 1. The molecule has 23 heavy (non-hydrogen) atoms. The van der Waals surface area contributed by atoms with Gasteiger partial charge in [-0.15, -0.1) is 0 Å². The fraction of sp³-hybridized carbons (Fsp3) is 0.167. The van der Waals surface area contributed by atoms with Crippen molar-refractivity contribution in [3.8, 4) is 5.75 Å². The Morgan fingerprint density at radius 1 is 1.26 bits per heavy atom. The first-order valence-electron chi connectivity index (χ1n) is 7.27. The number of hydrogen-bond donors (Lipinski definition) is 2. The van der Waals surface area contributed by atoms with E-state index in [-0.39, 0.29) is 18.1 Å². The number of aromatic nitrogens is 1. The third-order valence-electron chi connectivity index (χ3n) is 3.71. The second-order valence-electron chi connectivity index (χ2n) is 5.43. The molecule has 2 aromatic carbocycles. The summed E-state index contributed by atoms with van der Waals surface area (Å²) in [7, 11) is 1.56. The smallest absolute Gasteiger partial charge is 0.228 e. The molecule has 118 valence electrons. The molecular formula is C18H17FN2O2. The number of amides is 1. The molecule has 0 bridgehead atoms. The fourth-order valence-corrected chi connectivity index (χ4v) is 2.58. The van der Waals surface area contributed by atoms with E-state index in [2.05, 4.69) is 10.3 Å². The second kappa shape index (κ2) is 6.12. The maximum Gasteiger partial charge on any atom is 0.228 e. The van der Waals surface area contributed by atoms with Gasteiger partial charge in [-0.25, -0.2) is 4.39 Å². The van der Waals surface area contributed by atoms with E-state index in [1.807, 2.05) is 25.1 Å².